The molecule has 2 aromatic carbocycles. The van der Waals surface area contributed by atoms with E-state index in [4.69, 9.17) is 11.8 Å². The molecule has 0 aromatic heterocycles. The SMILES string of the molecule is Cc1ccc(N(Cl)c2ccc(C)cc2)cc1. The van der Waals surface area contributed by atoms with Crippen LogP contribution in [0.15, 0.2) is 48.5 Å². The van der Waals surface area contributed by atoms with Crippen LogP contribution in [0.5, 0.6) is 0 Å². The zero-order chi connectivity index (χ0) is 11.5. The molecule has 0 aliphatic rings. The Hall–Kier alpha value is -1.47. The molecule has 2 rings (SSSR count). The molecule has 1 nitrogen and oxygen atoms in total. The van der Waals surface area contributed by atoms with Gasteiger partial charge in [0.2, 0.25) is 0 Å². The molecule has 0 N–H and O–H groups in total. The number of nitrogens with zero attached hydrogens (tertiary/aromatic N) is 1. The molecule has 0 saturated carbocycles. The Bertz CT molecular complexity index is 414. The standard InChI is InChI=1S/C14H14ClN/c1-11-3-7-13(8-4-11)16(15)14-9-5-12(2)6-10-14/h3-10H,1-2H3. The van der Waals surface area contributed by atoms with Crippen LogP contribution in [-0.4, -0.2) is 0 Å². The molecule has 0 atom stereocenters. The van der Waals surface area contributed by atoms with Crippen LogP contribution < -0.4 is 4.42 Å². The molecule has 0 spiro atoms. The van der Waals surface area contributed by atoms with Crippen LogP contribution in [0.3, 0.4) is 0 Å². The lowest BCUT2D eigenvalue weighted by atomic mass is 10.2. The van der Waals surface area contributed by atoms with Crippen molar-refractivity contribution in [3.63, 3.8) is 0 Å². The third kappa shape index (κ3) is 2.37. The summed E-state index contributed by atoms with van der Waals surface area (Å²) in [5.41, 5.74) is 4.43. The van der Waals surface area contributed by atoms with E-state index in [9.17, 15) is 0 Å². The molecule has 0 unspecified atom stereocenters. The van der Waals surface area contributed by atoms with E-state index in [0.29, 0.717) is 0 Å². The van der Waals surface area contributed by atoms with Gasteiger partial charge in [0.1, 0.15) is 0 Å². The Balaban J connectivity index is 2.28. The highest BCUT2D eigenvalue weighted by atomic mass is 35.5. The summed E-state index contributed by atoms with van der Waals surface area (Å²) in [5.74, 6) is 0. The highest BCUT2D eigenvalue weighted by molar-refractivity contribution is 6.29. The molecule has 0 amide bonds. The van der Waals surface area contributed by atoms with Gasteiger partial charge in [0.15, 0.2) is 0 Å². The van der Waals surface area contributed by atoms with E-state index >= 15 is 0 Å². The van der Waals surface area contributed by atoms with Crippen LogP contribution in [0.2, 0.25) is 0 Å². The van der Waals surface area contributed by atoms with Crippen molar-refractivity contribution >= 4 is 23.2 Å². The number of hydrogen-bond acceptors (Lipinski definition) is 1. The molecule has 0 bridgehead atoms. The van der Waals surface area contributed by atoms with Gasteiger partial charge in [-0.05, 0) is 38.1 Å². The zero-order valence-electron chi connectivity index (χ0n) is 9.44. The van der Waals surface area contributed by atoms with E-state index in [1.165, 1.54) is 11.1 Å². The summed E-state index contributed by atoms with van der Waals surface area (Å²) in [6, 6.07) is 16.3. The Morgan fingerprint density at radius 3 is 1.31 bits per heavy atom. The van der Waals surface area contributed by atoms with Crippen molar-refractivity contribution in [3.8, 4) is 0 Å². The first kappa shape index (κ1) is 11.0. The predicted octanol–water partition coefficient (Wildman–Crippen LogP) is 4.60. The zero-order valence-corrected chi connectivity index (χ0v) is 10.2. The molecule has 82 valence electrons. The molecule has 0 fully saturated rings. The summed E-state index contributed by atoms with van der Waals surface area (Å²) in [6.45, 7) is 4.13. The average Bonchev–Trinajstić information content (AvgIpc) is 2.30. The van der Waals surface area contributed by atoms with E-state index in [1.807, 2.05) is 24.3 Å². The van der Waals surface area contributed by atoms with Crippen molar-refractivity contribution in [1.82, 2.24) is 0 Å². The summed E-state index contributed by atoms with van der Waals surface area (Å²) >= 11 is 6.27. The van der Waals surface area contributed by atoms with Crippen LogP contribution in [-0.2, 0) is 0 Å². The Kier molecular flexibility index (Phi) is 3.16. The van der Waals surface area contributed by atoms with Crippen LogP contribution in [0.4, 0.5) is 11.4 Å². The minimum atomic E-state index is 0.983. The third-order valence-electron chi connectivity index (χ3n) is 2.52. The third-order valence-corrected chi connectivity index (χ3v) is 2.91. The minimum Gasteiger partial charge on any atom is -0.254 e. The number of aryl methyl sites for hydroxylation is 2. The quantitative estimate of drug-likeness (QED) is 0.683. The lowest BCUT2D eigenvalue weighted by Gasteiger charge is -2.16. The Labute approximate surface area is 101 Å². The van der Waals surface area contributed by atoms with Gasteiger partial charge in [-0.25, -0.2) is 0 Å². The highest BCUT2D eigenvalue weighted by Crippen LogP contribution is 2.27. The Morgan fingerprint density at radius 1 is 0.688 bits per heavy atom. The molecule has 0 aliphatic carbocycles. The molecule has 2 aromatic rings. The van der Waals surface area contributed by atoms with Gasteiger partial charge in [-0.2, -0.15) is 0 Å². The van der Waals surface area contributed by atoms with Gasteiger partial charge in [-0.3, -0.25) is 4.42 Å². The smallest absolute Gasteiger partial charge is 0.0581 e. The van der Waals surface area contributed by atoms with Crippen LogP contribution >= 0.6 is 11.8 Å². The molecular weight excluding hydrogens is 218 g/mol. The van der Waals surface area contributed by atoms with Gasteiger partial charge >= 0.3 is 0 Å². The first-order valence-corrected chi connectivity index (χ1v) is 5.60. The number of benzene rings is 2. The fourth-order valence-electron chi connectivity index (χ4n) is 1.50. The Morgan fingerprint density at radius 2 is 1.00 bits per heavy atom. The van der Waals surface area contributed by atoms with E-state index in [2.05, 4.69) is 38.1 Å². The lowest BCUT2D eigenvalue weighted by Crippen LogP contribution is -2.01. The van der Waals surface area contributed by atoms with E-state index in [-0.39, 0.29) is 0 Å². The molecule has 0 saturated heterocycles. The van der Waals surface area contributed by atoms with Crippen molar-refractivity contribution in [2.24, 2.45) is 0 Å². The first-order chi connectivity index (χ1) is 7.66. The number of rotatable bonds is 2. The summed E-state index contributed by atoms with van der Waals surface area (Å²) in [7, 11) is 0. The van der Waals surface area contributed by atoms with E-state index in [0.717, 1.165) is 11.4 Å². The highest BCUT2D eigenvalue weighted by Gasteiger charge is 2.05. The molecule has 0 radical (unpaired) electrons. The summed E-state index contributed by atoms with van der Waals surface area (Å²) in [5, 5.41) is 0. The maximum Gasteiger partial charge on any atom is 0.0581 e. The van der Waals surface area contributed by atoms with Crippen LogP contribution in [0.25, 0.3) is 0 Å². The maximum atomic E-state index is 6.27. The van der Waals surface area contributed by atoms with Crippen LogP contribution in [0.1, 0.15) is 11.1 Å². The molecule has 0 heterocycles. The van der Waals surface area contributed by atoms with E-state index < -0.39 is 0 Å². The monoisotopic (exact) mass is 231 g/mol. The van der Waals surface area contributed by atoms with E-state index in [1.54, 1.807) is 4.42 Å². The fraction of sp³-hybridized carbons (Fsp3) is 0.143. The summed E-state index contributed by atoms with van der Waals surface area (Å²) in [6.07, 6.45) is 0. The second kappa shape index (κ2) is 4.58. The molecular formula is C14H14ClN. The second-order valence-electron chi connectivity index (χ2n) is 3.95. The number of hydrogen-bond donors (Lipinski definition) is 0. The second-order valence-corrected chi connectivity index (χ2v) is 4.29. The van der Waals surface area contributed by atoms with Gasteiger partial charge in [0.25, 0.3) is 0 Å². The molecule has 2 heteroatoms. The first-order valence-electron chi connectivity index (χ1n) is 5.26. The van der Waals surface area contributed by atoms with Gasteiger partial charge in [0.05, 0.1) is 11.4 Å². The number of anilines is 2. The minimum absolute atomic E-state index is 0.983. The fourth-order valence-corrected chi connectivity index (χ4v) is 1.73. The molecule has 0 aliphatic heterocycles. The maximum absolute atomic E-state index is 6.27. The normalized spacial score (nSPS) is 10.2. The molecule has 16 heavy (non-hydrogen) atoms. The van der Waals surface area contributed by atoms with Crippen molar-refractivity contribution in [2.45, 2.75) is 13.8 Å². The van der Waals surface area contributed by atoms with Gasteiger partial charge < -0.3 is 0 Å². The summed E-state index contributed by atoms with van der Waals surface area (Å²) < 4.78 is 1.67. The van der Waals surface area contributed by atoms with Gasteiger partial charge in [0, 0.05) is 11.8 Å². The van der Waals surface area contributed by atoms with Crippen molar-refractivity contribution < 1.29 is 0 Å². The van der Waals surface area contributed by atoms with Gasteiger partial charge in [-0.1, -0.05) is 35.4 Å². The van der Waals surface area contributed by atoms with Crippen molar-refractivity contribution in [2.75, 3.05) is 4.42 Å². The largest absolute Gasteiger partial charge is 0.254 e. The summed E-state index contributed by atoms with van der Waals surface area (Å²) in [4.78, 5) is 0. The van der Waals surface area contributed by atoms with Crippen molar-refractivity contribution in [1.29, 1.82) is 0 Å². The lowest BCUT2D eigenvalue weighted by molar-refractivity contribution is 1.37. The van der Waals surface area contributed by atoms with Gasteiger partial charge in [-0.15, -0.1) is 0 Å². The topological polar surface area (TPSA) is 3.24 Å². The predicted molar refractivity (Wildman–Crippen MR) is 70.4 cm³/mol. The average molecular weight is 232 g/mol. The van der Waals surface area contributed by atoms with Crippen molar-refractivity contribution in [3.05, 3.63) is 59.7 Å². The number of halogens is 1. The van der Waals surface area contributed by atoms with Crippen LogP contribution in [0, 0.1) is 13.8 Å².